The maximum atomic E-state index is 13.4. The number of rotatable bonds is 5. The van der Waals surface area contributed by atoms with Gasteiger partial charge in [0, 0.05) is 43.9 Å². The monoisotopic (exact) mass is 538 g/mol. The van der Waals surface area contributed by atoms with Gasteiger partial charge in [0.05, 0.1) is 5.56 Å². The van der Waals surface area contributed by atoms with Gasteiger partial charge in [-0.15, -0.1) is 0 Å². The van der Waals surface area contributed by atoms with Crippen molar-refractivity contribution >= 4 is 28.6 Å². The second-order valence-corrected chi connectivity index (χ2v) is 9.73. The van der Waals surface area contributed by atoms with Crippen molar-refractivity contribution in [1.29, 1.82) is 0 Å². The standard InChI is InChI=1S/C28H29F3N6O2/c1-4-6-22-33-25(23-24(35-39-26(23)34-22)19-7-5-8-20(16-19)28(29,30)31)36-11-13-37(14-12-36)27(38)32-21-10-9-17(2)15-18(21)3/h5,7-10,15-16H,4,6,11-14H2,1-3H3,(H,32,38). The van der Waals surface area contributed by atoms with Gasteiger partial charge in [-0.2, -0.15) is 18.2 Å². The lowest BCUT2D eigenvalue weighted by molar-refractivity contribution is -0.137. The summed E-state index contributed by atoms with van der Waals surface area (Å²) >= 11 is 0. The van der Waals surface area contributed by atoms with Crippen LogP contribution >= 0.6 is 0 Å². The quantitative estimate of drug-likeness (QED) is 0.324. The number of halogens is 3. The number of hydrogen-bond acceptors (Lipinski definition) is 6. The number of hydrogen-bond donors (Lipinski definition) is 1. The van der Waals surface area contributed by atoms with Crippen LogP contribution in [0, 0.1) is 13.8 Å². The van der Waals surface area contributed by atoms with Gasteiger partial charge in [0.2, 0.25) is 0 Å². The first-order valence-electron chi connectivity index (χ1n) is 12.9. The highest BCUT2D eigenvalue weighted by atomic mass is 19.4. The Balaban J connectivity index is 1.43. The minimum absolute atomic E-state index is 0.184. The molecule has 8 nitrogen and oxygen atoms in total. The molecule has 1 fully saturated rings. The summed E-state index contributed by atoms with van der Waals surface area (Å²) in [5, 5.41) is 7.55. The van der Waals surface area contributed by atoms with Crippen molar-refractivity contribution < 1.29 is 22.5 Å². The minimum atomic E-state index is -4.49. The molecule has 0 saturated carbocycles. The van der Waals surface area contributed by atoms with E-state index in [1.165, 1.54) is 6.07 Å². The predicted octanol–water partition coefficient (Wildman–Crippen LogP) is 6.23. The summed E-state index contributed by atoms with van der Waals surface area (Å²) in [6, 6.07) is 10.7. The number of benzene rings is 2. The first-order valence-corrected chi connectivity index (χ1v) is 12.9. The van der Waals surface area contributed by atoms with Crippen LogP contribution in [0.3, 0.4) is 0 Å². The normalized spacial score (nSPS) is 14.2. The van der Waals surface area contributed by atoms with Crippen molar-refractivity contribution in [2.75, 3.05) is 36.4 Å². The molecule has 1 aliphatic heterocycles. The van der Waals surface area contributed by atoms with Gasteiger partial charge < -0.3 is 19.6 Å². The van der Waals surface area contributed by atoms with E-state index in [1.54, 1.807) is 11.0 Å². The highest BCUT2D eigenvalue weighted by Gasteiger charge is 2.32. The zero-order chi connectivity index (χ0) is 27.7. The van der Waals surface area contributed by atoms with Gasteiger partial charge in [0.25, 0.3) is 5.71 Å². The van der Waals surface area contributed by atoms with Gasteiger partial charge in [-0.05, 0) is 44.0 Å². The Bertz CT molecular complexity index is 1510. The summed E-state index contributed by atoms with van der Waals surface area (Å²) in [5.74, 6) is 1.12. The van der Waals surface area contributed by atoms with E-state index >= 15 is 0 Å². The van der Waals surface area contributed by atoms with E-state index in [4.69, 9.17) is 9.51 Å². The molecule has 3 heterocycles. The van der Waals surface area contributed by atoms with Crippen LogP contribution in [0.2, 0.25) is 0 Å². The average molecular weight is 539 g/mol. The summed E-state index contributed by atoms with van der Waals surface area (Å²) in [7, 11) is 0. The Hall–Kier alpha value is -4.15. The second-order valence-electron chi connectivity index (χ2n) is 9.73. The topological polar surface area (TPSA) is 87.4 Å². The van der Waals surface area contributed by atoms with Crippen molar-refractivity contribution in [3.05, 3.63) is 65.0 Å². The van der Waals surface area contributed by atoms with E-state index in [1.807, 2.05) is 43.9 Å². The summed E-state index contributed by atoms with van der Waals surface area (Å²) in [5.41, 5.74) is 2.85. The average Bonchev–Trinajstić information content (AvgIpc) is 3.34. The summed E-state index contributed by atoms with van der Waals surface area (Å²) in [4.78, 5) is 26.0. The molecule has 2 aromatic carbocycles. The zero-order valence-corrected chi connectivity index (χ0v) is 22.0. The molecule has 5 rings (SSSR count). The van der Waals surface area contributed by atoms with Crippen molar-refractivity contribution in [2.24, 2.45) is 0 Å². The number of urea groups is 1. The molecule has 4 aromatic rings. The predicted molar refractivity (Wildman–Crippen MR) is 143 cm³/mol. The maximum absolute atomic E-state index is 13.4. The summed E-state index contributed by atoms with van der Waals surface area (Å²) < 4.78 is 45.7. The molecule has 0 bridgehead atoms. The number of nitrogens with zero attached hydrogens (tertiary/aromatic N) is 5. The van der Waals surface area contributed by atoms with Crippen molar-refractivity contribution in [3.8, 4) is 11.3 Å². The van der Waals surface area contributed by atoms with Gasteiger partial charge in [-0.25, -0.2) is 9.78 Å². The molecular formula is C28H29F3N6O2. The third-order valence-electron chi connectivity index (χ3n) is 6.79. The Morgan fingerprint density at radius 3 is 2.51 bits per heavy atom. The van der Waals surface area contributed by atoms with Crippen molar-refractivity contribution in [3.63, 3.8) is 0 Å². The number of nitrogens with one attached hydrogen (secondary N) is 1. The Morgan fingerprint density at radius 2 is 1.82 bits per heavy atom. The fourth-order valence-electron chi connectivity index (χ4n) is 4.75. The molecule has 204 valence electrons. The van der Waals surface area contributed by atoms with Crippen LogP contribution in [0.5, 0.6) is 0 Å². The largest absolute Gasteiger partial charge is 0.416 e. The molecule has 2 aromatic heterocycles. The molecular weight excluding hydrogens is 509 g/mol. The highest BCUT2D eigenvalue weighted by molar-refractivity contribution is 5.98. The second kappa shape index (κ2) is 10.5. The van der Waals surface area contributed by atoms with Crippen LogP contribution in [-0.4, -0.2) is 52.2 Å². The molecule has 0 aliphatic carbocycles. The number of anilines is 2. The molecule has 1 saturated heterocycles. The SMILES string of the molecule is CCCc1nc(N2CCN(C(=O)Nc3ccc(C)cc3C)CC2)c2c(-c3cccc(C(F)(F)F)c3)noc2n1. The van der Waals surface area contributed by atoms with Crippen molar-refractivity contribution in [1.82, 2.24) is 20.0 Å². The van der Waals surface area contributed by atoms with Crippen LogP contribution in [0.15, 0.2) is 47.0 Å². The first-order chi connectivity index (χ1) is 18.6. The highest BCUT2D eigenvalue weighted by Crippen LogP contribution is 2.37. The Kier molecular flexibility index (Phi) is 7.16. The van der Waals surface area contributed by atoms with Gasteiger partial charge in [-0.1, -0.05) is 41.9 Å². The van der Waals surface area contributed by atoms with Gasteiger partial charge in [0.1, 0.15) is 22.7 Å². The Morgan fingerprint density at radius 1 is 1.05 bits per heavy atom. The molecule has 1 aliphatic rings. The maximum Gasteiger partial charge on any atom is 0.416 e. The van der Waals surface area contributed by atoms with E-state index in [-0.39, 0.29) is 23.0 Å². The van der Waals surface area contributed by atoms with E-state index in [9.17, 15) is 18.0 Å². The number of carbonyl (C=O) groups is 1. The number of carbonyl (C=O) groups excluding carboxylic acids is 1. The fraction of sp³-hybridized carbons (Fsp3) is 0.357. The number of piperazine rings is 1. The number of alkyl halides is 3. The lowest BCUT2D eigenvalue weighted by Gasteiger charge is -2.35. The lowest BCUT2D eigenvalue weighted by Crippen LogP contribution is -2.50. The first kappa shape index (κ1) is 26.5. The van der Waals surface area contributed by atoms with E-state index in [0.29, 0.717) is 49.6 Å². The van der Waals surface area contributed by atoms with Crippen LogP contribution < -0.4 is 10.2 Å². The number of aromatic nitrogens is 3. The molecule has 0 spiro atoms. The van der Waals surface area contributed by atoms with Crippen LogP contribution in [0.25, 0.3) is 22.4 Å². The molecule has 0 radical (unpaired) electrons. The van der Waals surface area contributed by atoms with Crippen molar-refractivity contribution in [2.45, 2.75) is 39.8 Å². The molecule has 1 N–H and O–H groups in total. The smallest absolute Gasteiger partial charge is 0.352 e. The zero-order valence-electron chi connectivity index (χ0n) is 22.0. The van der Waals surface area contributed by atoms with E-state index in [0.717, 1.165) is 35.4 Å². The fourth-order valence-corrected chi connectivity index (χ4v) is 4.75. The number of aryl methyl sites for hydroxylation is 3. The molecule has 11 heteroatoms. The molecule has 2 amide bonds. The molecule has 0 atom stereocenters. The third kappa shape index (κ3) is 5.52. The number of amides is 2. The number of fused-ring (bicyclic) bond motifs is 1. The minimum Gasteiger partial charge on any atom is -0.352 e. The van der Waals surface area contributed by atoms with E-state index in [2.05, 4.69) is 15.5 Å². The van der Waals surface area contributed by atoms with Gasteiger partial charge >= 0.3 is 12.2 Å². The van der Waals surface area contributed by atoms with E-state index < -0.39 is 11.7 Å². The Labute approximate surface area is 223 Å². The molecule has 39 heavy (non-hydrogen) atoms. The lowest BCUT2D eigenvalue weighted by atomic mass is 10.1. The van der Waals surface area contributed by atoms with Crippen LogP contribution in [-0.2, 0) is 12.6 Å². The van der Waals surface area contributed by atoms with Gasteiger partial charge in [0.15, 0.2) is 0 Å². The van der Waals surface area contributed by atoms with Gasteiger partial charge in [-0.3, -0.25) is 0 Å². The molecule has 0 unspecified atom stereocenters. The summed E-state index contributed by atoms with van der Waals surface area (Å²) in [6.07, 6.45) is -3.07. The van der Waals surface area contributed by atoms with Crippen LogP contribution in [0.4, 0.5) is 29.5 Å². The third-order valence-corrected chi connectivity index (χ3v) is 6.79. The summed E-state index contributed by atoms with van der Waals surface area (Å²) in [6.45, 7) is 7.80. The van der Waals surface area contributed by atoms with Crippen LogP contribution in [0.1, 0.15) is 35.9 Å².